The van der Waals surface area contributed by atoms with E-state index in [9.17, 15) is 22.4 Å². The number of nitrogens with two attached hydrogens (primary N) is 1. The Labute approximate surface area is 185 Å². The minimum absolute atomic E-state index is 0.0642. The van der Waals surface area contributed by atoms with Gasteiger partial charge in [0.2, 0.25) is 0 Å². The van der Waals surface area contributed by atoms with Gasteiger partial charge in [-0.25, -0.2) is 9.37 Å². The molecule has 33 heavy (non-hydrogen) atoms. The van der Waals surface area contributed by atoms with Crippen molar-refractivity contribution < 1.29 is 31.8 Å². The molecule has 2 N–H and O–H groups in total. The average Bonchev–Trinajstić information content (AvgIpc) is 3.27. The quantitative estimate of drug-likeness (QED) is 0.565. The van der Waals surface area contributed by atoms with Gasteiger partial charge in [-0.3, -0.25) is 4.79 Å². The van der Waals surface area contributed by atoms with Gasteiger partial charge < -0.3 is 20.1 Å². The van der Waals surface area contributed by atoms with Crippen LogP contribution >= 0.6 is 0 Å². The fraction of sp³-hybridized carbons (Fsp3) is 0.304. The highest BCUT2D eigenvalue weighted by atomic mass is 19.4. The summed E-state index contributed by atoms with van der Waals surface area (Å²) in [6.45, 7) is 0.705. The lowest BCUT2D eigenvalue weighted by atomic mass is 9.96. The molecule has 1 atom stereocenters. The number of carbonyl (C=O) groups excluding carboxylic acids is 1. The number of hydrogen-bond donors (Lipinski definition) is 1. The van der Waals surface area contributed by atoms with Crippen LogP contribution in [0.5, 0.6) is 5.75 Å². The van der Waals surface area contributed by atoms with Crippen LogP contribution in [0.25, 0.3) is 10.9 Å². The van der Waals surface area contributed by atoms with Gasteiger partial charge in [-0.05, 0) is 23.8 Å². The Kier molecular flexibility index (Phi) is 4.93. The SMILES string of the molecule is CN(C(=O)c1cc2c3c(c(N)nc2cc1F)COC3)[C@H]1CCOc2cc(C(F)(F)F)ccc21. The second-order valence-electron chi connectivity index (χ2n) is 8.12. The summed E-state index contributed by atoms with van der Waals surface area (Å²) in [7, 11) is 1.50. The van der Waals surface area contributed by atoms with E-state index in [0.717, 1.165) is 23.3 Å². The third kappa shape index (κ3) is 3.54. The van der Waals surface area contributed by atoms with Crippen molar-refractivity contribution in [3.05, 3.63) is 64.0 Å². The van der Waals surface area contributed by atoms with E-state index in [1.165, 1.54) is 30.1 Å². The van der Waals surface area contributed by atoms with E-state index in [0.29, 0.717) is 29.5 Å². The average molecular weight is 461 g/mol. The van der Waals surface area contributed by atoms with E-state index in [2.05, 4.69) is 4.98 Å². The summed E-state index contributed by atoms with van der Waals surface area (Å²) in [5, 5.41) is 0.581. The van der Waals surface area contributed by atoms with Crippen LogP contribution in [-0.4, -0.2) is 29.4 Å². The largest absolute Gasteiger partial charge is 0.493 e. The van der Waals surface area contributed by atoms with Crippen LogP contribution in [0.4, 0.5) is 23.4 Å². The first-order valence-electron chi connectivity index (χ1n) is 10.2. The highest BCUT2D eigenvalue weighted by molar-refractivity contribution is 5.99. The maximum absolute atomic E-state index is 15.0. The van der Waals surface area contributed by atoms with Crippen molar-refractivity contribution in [2.24, 2.45) is 0 Å². The van der Waals surface area contributed by atoms with Crippen LogP contribution in [0, 0.1) is 5.82 Å². The molecule has 0 fully saturated rings. The number of anilines is 1. The molecule has 0 spiro atoms. The molecule has 0 saturated carbocycles. The van der Waals surface area contributed by atoms with Gasteiger partial charge in [0.1, 0.15) is 17.4 Å². The molecule has 3 heterocycles. The Morgan fingerprint density at radius 1 is 1.18 bits per heavy atom. The van der Waals surface area contributed by atoms with E-state index in [-0.39, 0.29) is 30.3 Å². The molecule has 0 aliphatic carbocycles. The molecule has 0 saturated heterocycles. The smallest absolute Gasteiger partial charge is 0.416 e. The van der Waals surface area contributed by atoms with E-state index in [1.54, 1.807) is 0 Å². The van der Waals surface area contributed by atoms with Gasteiger partial charge in [-0.15, -0.1) is 0 Å². The lowest BCUT2D eigenvalue weighted by Gasteiger charge is -2.33. The third-order valence-corrected chi connectivity index (χ3v) is 6.18. The molecule has 0 bridgehead atoms. The van der Waals surface area contributed by atoms with E-state index in [1.807, 2.05) is 0 Å². The van der Waals surface area contributed by atoms with Crippen LogP contribution in [-0.2, 0) is 24.1 Å². The summed E-state index contributed by atoms with van der Waals surface area (Å²) >= 11 is 0. The van der Waals surface area contributed by atoms with Gasteiger partial charge in [0, 0.05) is 36.0 Å². The number of aromatic nitrogens is 1. The van der Waals surface area contributed by atoms with Crippen LogP contribution in [0.2, 0.25) is 0 Å². The Morgan fingerprint density at radius 2 is 1.94 bits per heavy atom. The van der Waals surface area contributed by atoms with Gasteiger partial charge in [-0.2, -0.15) is 13.2 Å². The number of nitrogen functional groups attached to an aromatic ring is 1. The third-order valence-electron chi connectivity index (χ3n) is 6.18. The van der Waals surface area contributed by atoms with Crippen molar-refractivity contribution in [1.29, 1.82) is 0 Å². The summed E-state index contributed by atoms with van der Waals surface area (Å²) in [6, 6.07) is 5.22. The molecule has 2 aliphatic rings. The number of amides is 1. The Bertz CT molecular complexity index is 1290. The fourth-order valence-electron chi connectivity index (χ4n) is 4.44. The number of ether oxygens (including phenoxy) is 2. The van der Waals surface area contributed by atoms with Crippen LogP contribution in [0.1, 0.15) is 45.1 Å². The van der Waals surface area contributed by atoms with Gasteiger partial charge in [0.15, 0.2) is 0 Å². The summed E-state index contributed by atoms with van der Waals surface area (Å²) in [5.41, 5.74) is 7.20. The maximum atomic E-state index is 15.0. The normalized spacial score (nSPS) is 17.4. The number of hydrogen-bond acceptors (Lipinski definition) is 5. The van der Waals surface area contributed by atoms with Crippen LogP contribution in [0.15, 0.2) is 30.3 Å². The zero-order chi connectivity index (χ0) is 23.5. The summed E-state index contributed by atoms with van der Waals surface area (Å²) in [4.78, 5) is 18.9. The number of halogens is 4. The fourth-order valence-corrected chi connectivity index (χ4v) is 4.44. The highest BCUT2D eigenvalue weighted by Crippen LogP contribution is 2.40. The number of rotatable bonds is 2. The van der Waals surface area contributed by atoms with Crippen molar-refractivity contribution in [3.63, 3.8) is 0 Å². The molecule has 2 aliphatic heterocycles. The number of fused-ring (bicyclic) bond motifs is 4. The van der Waals surface area contributed by atoms with Crippen molar-refractivity contribution in [2.45, 2.75) is 31.9 Å². The monoisotopic (exact) mass is 461 g/mol. The molecule has 172 valence electrons. The Morgan fingerprint density at radius 3 is 2.70 bits per heavy atom. The molecule has 3 aromatic rings. The first kappa shape index (κ1) is 21.4. The lowest BCUT2D eigenvalue weighted by molar-refractivity contribution is -0.137. The molecule has 0 unspecified atom stereocenters. The van der Waals surface area contributed by atoms with Crippen LogP contribution < -0.4 is 10.5 Å². The van der Waals surface area contributed by atoms with Crippen molar-refractivity contribution >= 4 is 22.6 Å². The first-order valence-corrected chi connectivity index (χ1v) is 10.2. The van der Waals surface area contributed by atoms with Gasteiger partial charge in [0.05, 0.1) is 42.5 Å². The van der Waals surface area contributed by atoms with E-state index >= 15 is 0 Å². The maximum Gasteiger partial charge on any atom is 0.416 e. The van der Waals surface area contributed by atoms with E-state index < -0.39 is 29.5 Å². The summed E-state index contributed by atoms with van der Waals surface area (Å²) in [5.74, 6) is -1.03. The molecule has 2 aromatic carbocycles. The van der Waals surface area contributed by atoms with Gasteiger partial charge in [-0.1, -0.05) is 6.07 Å². The highest BCUT2D eigenvalue weighted by Gasteiger charge is 2.35. The van der Waals surface area contributed by atoms with Crippen LogP contribution in [0.3, 0.4) is 0 Å². The molecule has 1 aromatic heterocycles. The minimum atomic E-state index is -4.51. The molecule has 1 amide bonds. The molecule has 6 nitrogen and oxygen atoms in total. The number of pyridine rings is 1. The van der Waals surface area contributed by atoms with Crippen molar-refractivity contribution in [1.82, 2.24) is 9.88 Å². The number of alkyl halides is 3. The predicted octanol–water partition coefficient (Wildman–Crippen LogP) is 4.60. The number of carbonyl (C=O) groups is 1. The Balaban J connectivity index is 1.52. The molecule has 5 rings (SSSR count). The van der Waals surface area contributed by atoms with Gasteiger partial charge in [0.25, 0.3) is 5.91 Å². The second kappa shape index (κ2) is 7.58. The number of nitrogens with zero attached hydrogens (tertiary/aromatic N) is 2. The first-order chi connectivity index (χ1) is 15.6. The second-order valence-corrected chi connectivity index (χ2v) is 8.12. The van der Waals surface area contributed by atoms with Crippen molar-refractivity contribution in [2.75, 3.05) is 19.4 Å². The molecular formula is C23H19F4N3O3. The topological polar surface area (TPSA) is 77.7 Å². The van der Waals surface area contributed by atoms with Crippen molar-refractivity contribution in [3.8, 4) is 5.75 Å². The van der Waals surface area contributed by atoms with Gasteiger partial charge >= 0.3 is 6.18 Å². The molecule has 10 heteroatoms. The summed E-state index contributed by atoms with van der Waals surface area (Å²) < 4.78 is 65.0. The van der Waals surface area contributed by atoms with E-state index in [4.69, 9.17) is 15.2 Å². The predicted molar refractivity (Wildman–Crippen MR) is 111 cm³/mol. The lowest BCUT2D eigenvalue weighted by Crippen LogP contribution is -2.35. The zero-order valence-corrected chi connectivity index (χ0v) is 17.5. The summed E-state index contributed by atoms with van der Waals surface area (Å²) in [6.07, 6.45) is -4.15. The minimum Gasteiger partial charge on any atom is -0.493 e. The zero-order valence-electron chi connectivity index (χ0n) is 17.5. The molecular weight excluding hydrogens is 442 g/mol. The Hall–Kier alpha value is -3.40. The standard InChI is InChI=1S/C23H19F4N3O3/c1-30(19-4-5-33-20-6-11(23(25,26)27)2-3-12(19)20)22(31)14-7-13-15-9-32-10-16(15)21(28)29-18(13)8-17(14)24/h2-3,6-8,19H,4-5,9-10H2,1H3,(H2,28,29)/t19-/m0/s1. The number of benzene rings is 2. The molecule has 0 radical (unpaired) electrons.